The van der Waals surface area contributed by atoms with Crippen molar-refractivity contribution in [1.29, 1.82) is 0 Å². The number of pyridine rings is 1. The minimum atomic E-state index is -0.860. The van der Waals surface area contributed by atoms with Crippen molar-refractivity contribution in [3.8, 4) is 11.5 Å². The lowest BCUT2D eigenvalue weighted by atomic mass is 10.1. The third-order valence-electron chi connectivity index (χ3n) is 2.70. The minimum absolute atomic E-state index is 0.485. The van der Waals surface area contributed by atoms with Crippen molar-refractivity contribution in [2.75, 3.05) is 14.2 Å². The van der Waals surface area contributed by atoms with Gasteiger partial charge in [-0.15, -0.1) is 0 Å². The first-order valence-corrected chi connectivity index (χ1v) is 6.03. The number of carbonyl (C=O) groups excluding carboxylic acids is 1. The number of rotatable bonds is 5. The lowest BCUT2D eigenvalue weighted by Crippen LogP contribution is -2.20. The molecule has 0 aliphatic carbocycles. The summed E-state index contributed by atoms with van der Waals surface area (Å²) in [5, 5.41) is 0. The van der Waals surface area contributed by atoms with Crippen molar-refractivity contribution in [2.24, 2.45) is 0 Å². The molecule has 0 aliphatic rings. The summed E-state index contributed by atoms with van der Waals surface area (Å²) in [6, 6.07) is 10.5. The zero-order valence-corrected chi connectivity index (χ0v) is 11.3. The number of ether oxygens (including phenoxy) is 3. The number of methoxy groups -OCH3 is 2. The molecule has 104 valence electrons. The van der Waals surface area contributed by atoms with Gasteiger partial charge in [-0.2, -0.15) is 0 Å². The van der Waals surface area contributed by atoms with Crippen molar-refractivity contribution in [3.05, 3.63) is 54.4 Å². The summed E-state index contributed by atoms with van der Waals surface area (Å²) in [6.45, 7) is 0. The molecule has 5 nitrogen and oxygen atoms in total. The van der Waals surface area contributed by atoms with Crippen molar-refractivity contribution in [2.45, 2.75) is 6.10 Å². The van der Waals surface area contributed by atoms with Gasteiger partial charge in [0.25, 0.3) is 0 Å². The van der Waals surface area contributed by atoms with Crippen molar-refractivity contribution >= 4 is 5.97 Å². The van der Waals surface area contributed by atoms with Crippen LogP contribution < -0.4 is 9.47 Å². The van der Waals surface area contributed by atoms with E-state index in [9.17, 15) is 4.79 Å². The van der Waals surface area contributed by atoms with Gasteiger partial charge in [0, 0.05) is 24.0 Å². The second-order valence-electron chi connectivity index (χ2n) is 3.99. The Morgan fingerprint density at radius 2 is 1.95 bits per heavy atom. The summed E-state index contributed by atoms with van der Waals surface area (Å²) in [5.74, 6) is 0.682. The predicted molar refractivity (Wildman–Crippen MR) is 72.6 cm³/mol. The Bertz CT molecular complexity index is 571. The van der Waals surface area contributed by atoms with E-state index in [0.29, 0.717) is 17.1 Å². The summed E-state index contributed by atoms with van der Waals surface area (Å²) >= 11 is 0. The lowest BCUT2D eigenvalue weighted by molar-refractivity contribution is -0.149. The quantitative estimate of drug-likeness (QED) is 0.783. The average Bonchev–Trinajstić information content (AvgIpc) is 2.53. The van der Waals surface area contributed by atoms with Crippen LogP contribution in [0, 0.1) is 0 Å². The van der Waals surface area contributed by atoms with Crippen LogP contribution in [0.15, 0.2) is 48.8 Å². The summed E-state index contributed by atoms with van der Waals surface area (Å²) in [4.78, 5) is 15.9. The topological polar surface area (TPSA) is 57.7 Å². The van der Waals surface area contributed by atoms with Crippen molar-refractivity contribution < 1.29 is 19.0 Å². The highest BCUT2D eigenvalue weighted by Gasteiger charge is 2.23. The molecule has 0 saturated heterocycles. The number of carbonyl (C=O) groups is 1. The highest BCUT2D eigenvalue weighted by atomic mass is 16.6. The van der Waals surface area contributed by atoms with Crippen LogP contribution in [0.1, 0.15) is 11.7 Å². The van der Waals surface area contributed by atoms with Crippen LogP contribution in [-0.2, 0) is 9.53 Å². The number of nitrogens with zero attached hydrogens (tertiary/aromatic N) is 1. The molecule has 0 saturated carbocycles. The van der Waals surface area contributed by atoms with Gasteiger partial charge in [0.05, 0.1) is 14.2 Å². The highest BCUT2D eigenvalue weighted by molar-refractivity contribution is 5.76. The van der Waals surface area contributed by atoms with E-state index in [1.807, 2.05) is 0 Å². The fourth-order valence-electron chi connectivity index (χ4n) is 1.70. The van der Waals surface area contributed by atoms with Gasteiger partial charge in [-0.3, -0.25) is 4.98 Å². The first kappa shape index (κ1) is 13.9. The monoisotopic (exact) mass is 273 g/mol. The molecule has 0 N–H and O–H groups in total. The van der Waals surface area contributed by atoms with Crippen LogP contribution in [0.4, 0.5) is 0 Å². The molecule has 2 aromatic rings. The maximum absolute atomic E-state index is 11.9. The summed E-state index contributed by atoms with van der Waals surface area (Å²) < 4.78 is 15.6. The van der Waals surface area contributed by atoms with Crippen molar-refractivity contribution in [1.82, 2.24) is 4.98 Å². The van der Waals surface area contributed by atoms with Crippen LogP contribution in [0.5, 0.6) is 11.5 Å². The van der Waals surface area contributed by atoms with Crippen LogP contribution in [-0.4, -0.2) is 25.2 Å². The molecular formula is C15H15NO4. The Morgan fingerprint density at radius 1 is 1.15 bits per heavy atom. The summed E-state index contributed by atoms with van der Waals surface area (Å²) in [5.41, 5.74) is 0.627. The molecular weight excluding hydrogens is 258 g/mol. The maximum Gasteiger partial charge on any atom is 0.351 e. The third-order valence-corrected chi connectivity index (χ3v) is 2.70. The molecule has 0 amide bonds. The van der Waals surface area contributed by atoms with Crippen LogP contribution >= 0.6 is 0 Å². The Kier molecular flexibility index (Phi) is 4.55. The normalized spacial score (nSPS) is 11.5. The van der Waals surface area contributed by atoms with Gasteiger partial charge >= 0.3 is 5.97 Å². The number of aromatic nitrogens is 1. The van der Waals surface area contributed by atoms with E-state index in [1.54, 1.807) is 55.9 Å². The van der Waals surface area contributed by atoms with Crippen molar-refractivity contribution in [3.63, 3.8) is 0 Å². The Morgan fingerprint density at radius 3 is 2.60 bits per heavy atom. The van der Waals surface area contributed by atoms with E-state index in [2.05, 4.69) is 4.98 Å². The van der Waals surface area contributed by atoms with E-state index < -0.39 is 12.1 Å². The molecule has 0 radical (unpaired) electrons. The minimum Gasteiger partial charge on any atom is -0.497 e. The molecule has 20 heavy (non-hydrogen) atoms. The lowest BCUT2D eigenvalue weighted by Gasteiger charge is -2.17. The van der Waals surface area contributed by atoms with Gasteiger partial charge in [-0.05, 0) is 18.2 Å². The van der Waals surface area contributed by atoms with E-state index >= 15 is 0 Å². The third kappa shape index (κ3) is 3.26. The zero-order chi connectivity index (χ0) is 14.4. The van der Waals surface area contributed by atoms with E-state index in [4.69, 9.17) is 14.2 Å². The molecule has 1 heterocycles. The zero-order valence-electron chi connectivity index (χ0n) is 11.3. The molecule has 1 aromatic carbocycles. The second kappa shape index (κ2) is 6.56. The molecule has 2 rings (SSSR count). The molecule has 1 atom stereocenters. The van der Waals surface area contributed by atoms with E-state index in [0.717, 1.165) is 0 Å². The van der Waals surface area contributed by atoms with Crippen LogP contribution in [0.2, 0.25) is 0 Å². The van der Waals surface area contributed by atoms with Gasteiger partial charge in [-0.1, -0.05) is 12.1 Å². The molecule has 1 aromatic heterocycles. The van der Waals surface area contributed by atoms with Gasteiger partial charge in [-0.25, -0.2) is 4.79 Å². The average molecular weight is 273 g/mol. The van der Waals surface area contributed by atoms with E-state index in [-0.39, 0.29) is 0 Å². The Labute approximate surface area is 117 Å². The van der Waals surface area contributed by atoms with Gasteiger partial charge in [0.15, 0.2) is 0 Å². The molecule has 0 fully saturated rings. The SMILES string of the molecule is COC(=O)C(Oc1cccc(OC)c1)c1cccnc1. The Balaban J connectivity index is 2.26. The van der Waals surface area contributed by atoms with E-state index in [1.165, 1.54) is 7.11 Å². The van der Waals surface area contributed by atoms with Crippen LogP contribution in [0.3, 0.4) is 0 Å². The number of esters is 1. The standard InChI is InChI=1S/C15H15NO4/c1-18-12-6-3-7-13(9-12)20-14(15(17)19-2)11-5-4-8-16-10-11/h3-10,14H,1-2H3. The number of benzene rings is 1. The smallest absolute Gasteiger partial charge is 0.351 e. The fourth-order valence-corrected chi connectivity index (χ4v) is 1.70. The number of hydrogen-bond acceptors (Lipinski definition) is 5. The summed E-state index contributed by atoms with van der Waals surface area (Å²) in [6.07, 6.45) is 2.34. The molecule has 0 aliphatic heterocycles. The number of hydrogen-bond donors (Lipinski definition) is 0. The molecule has 0 spiro atoms. The maximum atomic E-state index is 11.9. The first-order valence-electron chi connectivity index (χ1n) is 6.03. The fraction of sp³-hybridized carbons (Fsp3) is 0.200. The van der Waals surface area contributed by atoms with Gasteiger partial charge in [0.1, 0.15) is 11.5 Å². The largest absolute Gasteiger partial charge is 0.497 e. The molecule has 0 bridgehead atoms. The predicted octanol–water partition coefficient (Wildman–Crippen LogP) is 2.38. The van der Waals surface area contributed by atoms with Gasteiger partial charge < -0.3 is 14.2 Å². The van der Waals surface area contributed by atoms with Crippen LogP contribution in [0.25, 0.3) is 0 Å². The highest BCUT2D eigenvalue weighted by Crippen LogP contribution is 2.25. The Hall–Kier alpha value is -2.56. The first-order chi connectivity index (χ1) is 9.74. The second-order valence-corrected chi connectivity index (χ2v) is 3.99. The molecule has 5 heteroatoms. The van der Waals surface area contributed by atoms with Gasteiger partial charge in [0.2, 0.25) is 6.10 Å². The molecule has 1 unspecified atom stereocenters. The summed E-state index contributed by atoms with van der Waals surface area (Å²) in [7, 11) is 2.89.